The van der Waals surface area contributed by atoms with Gasteiger partial charge in [0.25, 0.3) is 5.91 Å². The van der Waals surface area contributed by atoms with E-state index in [0.29, 0.717) is 18.1 Å². The van der Waals surface area contributed by atoms with E-state index in [1.54, 1.807) is 12.1 Å². The summed E-state index contributed by atoms with van der Waals surface area (Å²) in [5.74, 6) is 1.26. The van der Waals surface area contributed by atoms with Gasteiger partial charge < -0.3 is 14.6 Å². The molecule has 0 spiro atoms. The summed E-state index contributed by atoms with van der Waals surface area (Å²) in [7, 11) is 0. The normalized spacial score (nSPS) is 11.2. The van der Waals surface area contributed by atoms with Gasteiger partial charge in [-0.25, -0.2) is 0 Å². The van der Waals surface area contributed by atoms with Crippen LogP contribution in [0.3, 0.4) is 0 Å². The van der Waals surface area contributed by atoms with Crippen LogP contribution in [0.1, 0.15) is 60.8 Å². The molecule has 0 aliphatic rings. The molecule has 0 bridgehead atoms. The fourth-order valence-corrected chi connectivity index (χ4v) is 4.25. The SMILES string of the molecule is CCCCOc1ccc(C(=O)Nc2ccc3cc(Cn4cccc4CC(C)C)cnc3c2C)cc1. The summed E-state index contributed by atoms with van der Waals surface area (Å²) in [6.07, 6.45) is 7.25. The number of unbranched alkanes of at least 4 members (excludes halogenated alkanes) is 1. The van der Waals surface area contributed by atoms with Crippen molar-refractivity contribution < 1.29 is 9.53 Å². The zero-order valence-corrected chi connectivity index (χ0v) is 21.2. The van der Waals surface area contributed by atoms with Crippen molar-refractivity contribution in [1.29, 1.82) is 0 Å². The number of aryl methyl sites for hydroxylation is 1. The highest BCUT2D eigenvalue weighted by Crippen LogP contribution is 2.26. The minimum Gasteiger partial charge on any atom is -0.494 e. The summed E-state index contributed by atoms with van der Waals surface area (Å²) in [6, 6.07) is 17.8. The highest BCUT2D eigenvalue weighted by Gasteiger charge is 2.12. The third-order valence-electron chi connectivity index (χ3n) is 6.19. The Bertz CT molecular complexity index is 1290. The summed E-state index contributed by atoms with van der Waals surface area (Å²) in [6.45, 7) is 10.1. The Morgan fingerprint density at radius 3 is 2.66 bits per heavy atom. The molecule has 0 radical (unpaired) electrons. The second-order valence-electron chi connectivity index (χ2n) is 9.56. The van der Waals surface area contributed by atoms with E-state index in [1.807, 2.05) is 37.4 Å². The van der Waals surface area contributed by atoms with Crippen molar-refractivity contribution in [1.82, 2.24) is 9.55 Å². The number of benzene rings is 2. The number of nitrogens with one attached hydrogen (secondary N) is 1. The van der Waals surface area contributed by atoms with Crippen LogP contribution in [0.4, 0.5) is 5.69 Å². The van der Waals surface area contributed by atoms with Gasteiger partial charge in [0, 0.05) is 41.3 Å². The van der Waals surface area contributed by atoms with E-state index in [-0.39, 0.29) is 5.91 Å². The Morgan fingerprint density at radius 1 is 1.11 bits per heavy atom. The summed E-state index contributed by atoms with van der Waals surface area (Å²) in [4.78, 5) is 17.6. The summed E-state index contributed by atoms with van der Waals surface area (Å²) in [5, 5.41) is 4.12. The van der Waals surface area contributed by atoms with Crippen LogP contribution >= 0.6 is 0 Å². The number of fused-ring (bicyclic) bond motifs is 1. The van der Waals surface area contributed by atoms with Gasteiger partial charge >= 0.3 is 0 Å². The van der Waals surface area contributed by atoms with E-state index < -0.39 is 0 Å². The lowest BCUT2D eigenvalue weighted by atomic mass is 10.1. The van der Waals surface area contributed by atoms with Crippen molar-refractivity contribution >= 4 is 22.5 Å². The van der Waals surface area contributed by atoms with E-state index in [1.165, 1.54) is 5.69 Å². The fourth-order valence-electron chi connectivity index (χ4n) is 4.25. The first-order chi connectivity index (χ1) is 16.9. The Balaban J connectivity index is 1.47. The second kappa shape index (κ2) is 11.2. The van der Waals surface area contributed by atoms with Crippen LogP contribution in [0.5, 0.6) is 5.75 Å². The van der Waals surface area contributed by atoms with Crippen molar-refractivity contribution in [2.45, 2.75) is 53.5 Å². The third-order valence-corrected chi connectivity index (χ3v) is 6.19. The van der Waals surface area contributed by atoms with Gasteiger partial charge in [0.2, 0.25) is 0 Å². The summed E-state index contributed by atoms with van der Waals surface area (Å²) >= 11 is 0. The zero-order chi connectivity index (χ0) is 24.8. The molecule has 2 aromatic heterocycles. The first kappa shape index (κ1) is 24.5. The lowest BCUT2D eigenvalue weighted by Gasteiger charge is -2.14. The molecule has 1 N–H and O–H groups in total. The van der Waals surface area contributed by atoms with Crippen LogP contribution in [0, 0.1) is 12.8 Å². The highest BCUT2D eigenvalue weighted by atomic mass is 16.5. The van der Waals surface area contributed by atoms with Crippen LogP contribution in [0.2, 0.25) is 0 Å². The minimum atomic E-state index is -0.144. The molecule has 2 aromatic carbocycles. The summed E-state index contributed by atoms with van der Waals surface area (Å²) in [5.41, 5.74) is 5.74. The van der Waals surface area contributed by atoms with Gasteiger partial charge in [0.15, 0.2) is 0 Å². The topological polar surface area (TPSA) is 56.1 Å². The molecule has 4 rings (SSSR count). The second-order valence-corrected chi connectivity index (χ2v) is 9.56. The molecule has 0 saturated heterocycles. The molecule has 5 heteroatoms. The van der Waals surface area contributed by atoms with Gasteiger partial charge in [-0.2, -0.15) is 0 Å². The first-order valence-corrected chi connectivity index (χ1v) is 12.5. The predicted molar refractivity (Wildman–Crippen MR) is 143 cm³/mol. The molecule has 0 aliphatic carbocycles. The average Bonchev–Trinajstić information content (AvgIpc) is 3.27. The van der Waals surface area contributed by atoms with Gasteiger partial charge in [0.05, 0.1) is 12.1 Å². The van der Waals surface area contributed by atoms with Crippen LogP contribution in [-0.4, -0.2) is 22.1 Å². The standard InChI is InChI=1S/C30H35N3O2/c1-5-6-16-35-27-12-9-24(10-13-27)30(34)32-28-14-11-25-18-23(19-31-29(25)22(28)4)20-33-15-7-8-26(33)17-21(2)3/h7-15,18-19,21H,5-6,16-17,20H2,1-4H3,(H,32,34). The molecule has 4 aromatic rings. The van der Waals surface area contributed by atoms with Crippen LogP contribution in [0.15, 0.2) is 67.0 Å². The van der Waals surface area contributed by atoms with Gasteiger partial charge in [-0.05, 0) is 85.3 Å². The third kappa shape index (κ3) is 6.10. The number of carbonyl (C=O) groups is 1. The van der Waals surface area contributed by atoms with Crippen LogP contribution in [-0.2, 0) is 13.0 Å². The maximum Gasteiger partial charge on any atom is 0.255 e. The number of carbonyl (C=O) groups excluding carboxylic acids is 1. The van der Waals surface area contributed by atoms with Gasteiger partial charge in [-0.1, -0.05) is 33.3 Å². The Kier molecular flexibility index (Phi) is 7.86. The Morgan fingerprint density at radius 2 is 1.91 bits per heavy atom. The number of anilines is 1. The Hall–Kier alpha value is -3.60. The quantitative estimate of drug-likeness (QED) is 0.254. The van der Waals surface area contributed by atoms with E-state index in [2.05, 4.69) is 55.1 Å². The maximum absolute atomic E-state index is 12.8. The van der Waals surface area contributed by atoms with Gasteiger partial charge in [-0.3, -0.25) is 9.78 Å². The molecule has 35 heavy (non-hydrogen) atoms. The zero-order valence-electron chi connectivity index (χ0n) is 21.2. The predicted octanol–water partition coefficient (Wildman–Crippen LogP) is 7.02. The van der Waals surface area contributed by atoms with E-state index >= 15 is 0 Å². The molecule has 0 unspecified atom stereocenters. The molecule has 182 valence electrons. The van der Waals surface area contributed by atoms with Crippen LogP contribution in [0.25, 0.3) is 10.9 Å². The molecule has 0 aliphatic heterocycles. The van der Waals surface area contributed by atoms with Crippen molar-refractivity contribution in [3.05, 3.63) is 89.4 Å². The number of hydrogen-bond acceptors (Lipinski definition) is 3. The highest BCUT2D eigenvalue weighted by molar-refractivity contribution is 6.06. The smallest absolute Gasteiger partial charge is 0.255 e. The number of aromatic nitrogens is 2. The molecule has 0 atom stereocenters. The fraction of sp³-hybridized carbons (Fsp3) is 0.333. The van der Waals surface area contributed by atoms with Crippen LogP contribution < -0.4 is 10.1 Å². The summed E-state index contributed by atoms with van der Waals surface area (Å²) < 4.78 is 7.99. The van der Waals surface area contributed by atoms with Gasteiger partial charge in [0.1, 0.15) is 5.75 Å². The number of rotatable bonds is 10. The number of amides is 1. The van der Waals surface area contributed by atoms with Gasteiger partial charge in [-0.15, -0.1) is 0 Å². The lowest BCUT2D eigenvalue weighted by Crippen LogP contribution is -2.13. The molecule has 1 amide bonds. The Labute approximate surface area is 208 Å². The van der Waals surface area contributed by atoms with E-state index in [9.17, 15) is 4.79 Å². The number of nitrogens with zero attached hydrogens (tertiary/aromatic N) is 2. The van der Waals surface area contributed by atoms with E-state index in [4.69, 9.17) is 9.72 Å². The van der Waals surface area contributed by atoms with Crippen molar-refractivity contribution in [2.75, 3.05) is 11.9 Å². The largest absolute Gasteiger partial charge is 0.494 e. The molecular formula is C30H35N3O2. The van der Waals surface area contributed by atoms with E-state index in [0.717, 1.165) is 59.3 Å². The average molecular weight is 470 g/mol. The first-order valence-electron chi connectivity index (χ1n) is 12.5. The molecule has 0 saturated carbocycles. The molecular weight excluding hydrogens is 434 g/mol. The minimum absolute atomic E-state index is 0.144. The van der Waals surface area contributed by atoms with Crippen molar-refractivity contribution in [2.24, 2.45) is 5.92 Å². The van der Waals surface area contributed by atoms with Crippen molar-refractivity contribution in [3.63, 3.8) is 0 Å². The number of hydrogen-bond donors (Lipinski definition) is 1. The molecule has 5 nitrogen and oxygen atoms in total. The van der Waals surface area contributed by atoms with Crippen molar-refractivity contribution in [3.8, 4) is 5.75 Å². The molecule has 2 heterocycles. The maximum atomic E-state index is 12.8. The number of pyridine rings is 1. The number of ether oxygens (including phenoxy) is 1. The molecule has 0 fully saturated rings. The lowest BCUT2D eigenvalue weighted by molar-refractivity contribution is 0.102. The monoisotopic (exact) mass is 469 g/mol.